The molecular weight excluding hydrogens is 279 g/mol. The summed E-state index contributed by atoms with van der Waals surface area (Å²) in [6, 6.07) is 13.6. The normalized spacial score (nSPS) is 10.3. The molecule has 87 valence electrons. The van der Waals surface area contributed by atoms with Crippen LogP contribution in [0, 0.1) is 6.07 Å². The van der Waals surface area contributed by atoms with E-state index in [-0.39, 0.29) is 0 Å². The molecule has 0 aliphatic rings. The van der Waals surface area contributed by atoms with Gasteiger partial charge in [0.05, 0.1) is 5.02 Å². The molecular formula is C13H8Cl3O. The van der Waals surface area contributed by atoms with E-state index in [2.05, 4.69) is 6.07 Å². The first kappa shape index (κ1) is 12.6. The van der Waals surface area contributed by atoms with Crippen LogP contribution in [-0.4, -0.2) is 0 Å². The Morgan fingerprint density at radius 2 is 1.94 bits per heavy atom. The minimum Gasteiger partial charge on any atom is -0.455 e. The lowest BCUT2D eigenvalue weighted by molar-refractivity contribution is 0.482. The maximum Gasteiger partial charge on any atom is 0.147 e. The first-order chi connectivity index (χ1) is 8.20. The van der Waals surface area contributed by atoms with Gasteiger partial charge in [-0.3, -0.25) is 0 Å². The van der Waals surface area contributed by atoms with Gasteiger partial charge in [-0.1, -0.05) is 35.3 Å². The summed E-state index contributed by atoms with van der Waals surface area (Å²) in [5, 5.41) is 0.852. The highest BCUT2D eigenvalue weighted by Crippen LogP contribution is 2.34. The van der Waals surface area contributed by atoms with Crippen molar-refractivity contribution in [1.29, 1.82) is 0 Å². The number of alkyl halides is 1. The van der Waals surface area contributed by atoms with E-state index in [9.17, 15) is 0 Å². The standard InChI is InChI=1S/C13H8Cl3O/c14-8-9-4-6-10(7-5-9)17-12-3-1-2-11(15)13(12)16/h1-6H,8H2. The molecule has 0 aliphatic heterocycles. The monoisotopic (exact) mass is 285 g/mol. The van der Waals surface area contributed by atoms with Crippen LogP contribution in [0.3, 0.4) is 0 Å². The molecule has 0 aromatic heterocycles. The molecule has 2 aromatic carbocycles. The van der Waals surface area contributed by atoms with Crippen molar-refractivity contribution in [3.63, 3.8) is 0 Å². The highest BCUT2D eigenvalue weighted by molar-refractivity contribution is 6.42. The summed E-state index contributed by atoms with van der Waals surface area (Å²) in [7, 11) is 0. The second kappa shape index (κ2) is 5.63. The van der Waals surface area contributed by atoms with E-state index in [1.54, 1.807) is 30.3 Å². The molecule has 4 heteroatoms. The van der Waals surface area contributed by atoms with Gasteiger partial charge < -0.3 is 4.74 Å². The van der Waals surface area contributed by atoms with E-state index in [0.717, 1.165) is 5.56 Å². The fourth-order valence-corrected chi connectivity index (χ4v) is 1.77. The number of hydrogen-bond acceptors (Lipinski definition) is 1. The van der Waals surface area contributed by atoms with Gasteiger partial charge in [0.2, 0.25) is 0 Å². The summed E-state index contributed by atoms with van der Waals surface area (Å²) in [5.74, 6) is 1.53. The Hall–Kier alpha value is -0.890. The molecule has 0 saturated carbocycles. The first-order valence-electron chi connectivity index (χ1n) is 4.89. The second-order valence-electron chi connectivity index (χ2n) is 3.35. The fraction of sp³-hybridized carbons (Fsp3) is 0.0769. The molecule has 0 N–H and O–H groups in total. The Bertz CT molecular complexity index is 509. The first-order valence-corrected chi connectivity index (χ1v) is 6.18. The smallest absolute Gasteiger partial charge is 0.147 e. The Labute approximate surface area is 115 Å². The minimum absolute atomic E-state index is 0.393. The van der Waals surface area contributed by atoms with Crippen molar-refractivity contribution >= 4 is 34.8 Å². The van der Waals surface area contributed by atoms with Crippen molar-refractivity contribution in [2.75, 3.05) is 0 Å². The summed E-state index contributed by atoms with van der Waals surface area (Å²) in [4.78, 5) is 0. The average molecular weight is 287 g/mol. The van der Waals surface area contributed by atoms with E-state index in [0.29, 0.717) is 27.4 Å². The van der Waals surface area contributed by atoms with Crippen LogP contribution in [0.4, 0.5) is 0 Å². The molecule has 17 heavy (non-hydrogen) atoms. The van der Waals surface area contributed by atoms with Gasteiger partial charge in [0.1, 0.15) is 16.5 Å². The lowest BCUT2D eigenvalue weighted by atomic mass is 10.2. The lowest BCUT2D eigenvalue weighted by Gasteiger charge is -2.08. The number of benzene rings is 2. The van der Waals surface area contributed by atoms with Gasteiger partial charge >= 0.3 is 0 Å². The van der Waals surface area contributed by atoms with Gasteiger partial charge in [0.25, 0.3) is 0 Å². The summed E-state index contributed by atoms with van der Waals surface area (Å²) in [6.45, 7) is 0. The topological polar surface area (TPSA) is 9.23 Å². The quantitative estimate of drug-likeness (QED) is 0.693. The molecule has 1 nitrogen and oxygen atoms in total. The van der Waals surface area contributed by atoms with Crippen molar-refractivity contribution in [2.45, 2.75) is 5.88 Å². The predicted octanol–water partition coefficient (Wildman–Crippen LogP) is 5.32. The molecule has 1 radical (unpaired) electrons. The zero-order valence-electron chi connectivity index (χ0n) is 8.71. The van der Waals surface area contributed by atoms with E-state index in [1.807, 2.05) is 6.07 Å². The van der Waals surface area contributed by atoms with E-state index in [1.165, 1.54) is 0 Å². The largest absolute Gasteiger partial charge is 0.455 e. The van der Waals surface area contributed by atoms with Crippen LogP contribution in [0.5, 0.6) is 11.5 Å². The molecule has 0 amide bonds. The number of ether oxygens (including phenoxy) is 1. The van der Waals surface area contributed by atoms with E-state index in [4.69, 9.17) is 39.5 Å². The average Bonchev–Trinajstić information content (AvgIpc) is 2.36. The van der Waals surface area contributed by atoms with Crippen LogP contribution in [-0.2, 0) is 5.88 Å². The lowest BCUT2D eigenvalue weighted by Crippen LogP contribution is -1.86. The highest BCUT2D eigenvalue weighted by Gasteiger charge is 2.06. The van der Waals surface area contributed by atoms with Crippen LogP contribution < -0.4 is 4.74 Å². The Morgan fingerprint density at radius 3 is 2.59 bits per heavy atom. The molecule has 0 bridgehead atoms. The van der Waals surface area contributed by atoms with Gasteiger partial charge in [-0.15, -0.1) is 11.6 Å². The molecule has 0 heterocycles. The number of hydrogen-bond donors (Lipinski definition) is 0. The van der Waals surface area contributed by atoms with Gasteiger partial charge in [-0.2, -0.15) is 0 Å². The number of halogens is 3. The summed E-state index contributed by atoms with van der Waals surface area (Å²) >= 11 is 17.6. The molecule has 0 fully saturated rings. The van der Waals surface area contributed by atoms with Gasteiger partial charge in [-0.25, -0.2) is 0 Å². The summed E-state index contributed by atoms with van der Waals surface area (Å²) < 4.78 is 5.57. The van der Waals surface area contributed by atoms with Crippen molar-refractivity contribution < 1.29 is 4.74 Å². The molecule has 0 spiro atoms. The highest BCUT2D eigenvalue weighted by atomic mass is 35.5. The molecule has 0 saturated heterocycles. The second-order valence-corrected chi connectivity index (χ2v) is 4.40. The third-order valence-electron chi connectivity index (χ3n) is 2.14. The Morgan fingerprint density at radius 1 is 1.12 bits per heavy atom. The Balaban J connectivity index is 2.22. The maximum atomic E-state index is 6.01. The molecule has 2 aromatic rings. The van der Waals surface area contributed by atoms with Crippen molar-refractivity contribution in [3.05, 3.63) is 58.1 Å². The molecule has 2 rings (SSSR count). The third kappa shape index (κ3) is 3.06. The minimum atomic E-state index is 0.393. The Kier molecular flexibility index (Phi) is 4.16. The van der Waals surface area contributed by atoms with Crippen molar-refractivity contribution in [2.24, 2.45) is 0 Å². The predicted molar refractivity (Wildman–Crippen MR) is 71.4 cm³/mol. The fourth-order valence-electron chi connectivity index (χ4n) is 1.27. The van der Waals surface area contributed by atoms with Crippen molar-refractivity contribution in [1.82, 2.24) is 0 Å². The van der Waals surface area contributed by atoms with Crippen LogP contribution in [0.25, 0.3) is 0 Å². The number of rotatable bonds is 3. The van der Waals surface area contributed by atoms with E-state index < -0.39 is 0 Å². The van der Waals surface area contributed by atoms with E-state index >= 15 is 0 Å². The van der Waals surface area contributed by atoms with Gasteiger partial charge in [0, 0.05) is 11.9 Å². The van der Waals surface area contributed by atoms with Gasteiger partial charge in [-0.05, 0) is 29.8 Å². The maximum absolute atomic E-state index is 6.01. The zero-order chi connectivity index (χ0) is 12.3. The summed E-state index contributed by atoms with van der Waals surface area (Å²) in [6.07, 6.45) is 0. The van der Waals surface area contributed by atoms with Crippen molar-refractivity contribution in [3.8, 4) is 11.5 Å². The third-order valence-corrected chi connectivity index (χ3v) is 3.25. The zero-order valence-corrected chi connectivity index (χ0v) is 11.0. The SMILES string of the molecule is ClCc1c[c]c(Oc2cccc(Cl)c2Cl)cc1. The van der Waals surface area contributed by atoms with Crippen LogP contribution in [0.2, 0.25) is 10.0 Å². The van der Waals surface area contributed by atoms with Gasteiger partial charge in [0.15, 0.2) is 0 Å². The van der Waals surface area contributed by atoms with Crippen LogP contribution in [0.15, 0.2) is 36.4 Å². The van der Waals surface area contributed by atoms with Crippen LogP contribution in [0.1, 0.15) is 5.56 Å². The molecule has 0 aliphatic carbocycles. The molecule has 0 atom stereocenters. The van der Waals surface area contributed by atoms with Crippen LogP contribution >= 0.6 is 34.8 Å². The summed E-state index contributed by atoms with van der Waals surface area (Å²) in [5.41, 5.74) is 0.983. The molecule has 0 unspecified atom stereocenters.